The highest BCUT2D eigenvalue weighted by molar-refractivity contribution is 9.10. The number of aromatic nitrogens is 1. The molecule has 5 aromatic rings. The molecule has 0 spiro atoms. The lowest BCUT2D eigenvalue weighted by molar-refractivity contribution is -0.140. The molecule has 16 N–H and O–H groups in total. The molecule has 0 radical (unpaired) electrons. The van der Waals surface area contributed by atoms with Crippen molar-refractivity contribution in [1.82, 2.24) is 52.2 Å². The zero-order valence-electron chi connectivity index (χ0n) is 53.2. The van der Waals surface area contributed by atoms with E-state index in [0.29, 0.717) is 65.2 Å². The molecule has 0 fully saturated rings. The first-order valence-electron chi connectivity index (χ1n) is 31.0. The largest absolute Gasteiger partial charge is 0.481 e. The second-order valence-corrected chi connectivity index (χ2v) is 26.5. The van der Waals surface area contributed by atoms with Crippen LogP contribution in [-0.4, -0.2) is 161 Å². The van der Waals surface area contributed by atoms with Crippen LogP contribution in [0.3, 0.4) is 0 Å². The monoisotopic (exact) mass is 1420 g/mol. The van der Waals surface area contributed by atoms with E-state index in [2.05, 4.69) is 84.2 Å². The van der Waals surface area contributed by atoms with E-state index in [1.165, 1.54) is 24.3 Å². The Morgan fingerprint density at radius 3 is 1.82 bits per heavy atom. The highest BCUT2D eigenvalue weighted by Gasteiger charge is 2.34. The molecule has 1 heterocycles. The molecule has 0 bridgehead atoms. The average molecular weight is 1420 g/mol. The van der Waals surface area contributed by atoms with E-state index >= 15 is 0 Å². The molecule has 6 unspecified atom stereocenters. The molecule has 0 aliphatic carbocycles. The number of aliphatic hydroxyl groups is 2. The Kier molecular flexibility index (Phi) is 30.5. The number of amides is 9. The third-order valence-electron chi connectivity index (χ3n) is 15.2. The number of carboxylic acid groups (broad SMARTS) is 2. The summed E-state index contributed by atoms with van der Waals surface area (Å²) in [6.45, 7) is 5.64. The van der Waals surface area contributed by atoms with Gasteiger partial charge in [-0.15, -0.1) is 0 Å². The van der Waals surface area contributed by atoms with Gasteiger partial charge >= 0.3 is 11.9 Å². The van der Waals surface area contributed by atoms with Gasteiger partial charge in [0, 0.05) is 72.3 Å². The van der Waals surface area contributed by atoms with Gasteiger partial charge in [0.05, 0.1) is 17.9 Å². The summed E-state index contributed by atoms with van der Waals surface area (Å²) in [5.41, 5.74) is 8.46. The number of rotatable bonds is 40. The first-order valence-corrected chi connectivity index (χ1v) is 33.3. The Bertz CT molecular complexity index is 3640. The van der Waals surface area contributed by atoms with Gasteiger partial charge in [0.25, 0.3) is 5.91 Å². The number of aliphatic carboxylic acids is 2. The van der Waals surface area contributed by atoms with Gasteiger partial charge < -0.3 is 73.7 Å². The fourth-order valence-corrected chi connectivity index (χ4v) is 11.4. The standard InChI is InChI=1S/C65H83BrFN11O17S/c1-65(2,3)41-20-18-39(19-21-41)59(88)69-31-10-8-16-47(58(68)87)73-53(79)17-5-4-9-30-70-60(89)48(26-28-55(81)82)75-63(92)51(34-40-36-71-46-15-7-6-14-45(40)46)77-62(91)50(33-38-12-11-13-43(67)32-38)74-54(80)37-72-61(90)49(27-29-56(83)84)76-64(93)52(35-57(85)86)78-96(94,95)44-24-22-42(66)23-25-44/h6-7,11-15,18-25,32,36,47-52,55,71,78,81-82H,4-5,8-10,16-17,26-31,33-35,37H2,1-3H3,(H2,68,87)(H,69,88)(H,70,89)(H,72,90)(H,73,79)(H,74,80)(H,75,92)(H,76,93)(H,77,91)(H,83,84)(H,85,86). The number of hydrogen-bond donors (Lipinski definition) is 15. The number of primary amides is 1. The number of H-pyrrole nitrogens is 1. The minimum absolute atomic E-state index is 0.0185. The van der Waals surface area contributed by atoms with Crippen molar-refractivity contribution >= 4 is 102 Å². The summed E-state index contributed by atoms with van der Waals surface area (Å²) in [6, 6.07) is 14.9. The first-order chi connectivity index (χ1) is 45.4. The summed E-state index contributed by atoms with van der Waals surface area (Å²) >= 11 is 3.17. The van der Waals surface area contributed by atoms with Crippen molar-refractivity contribution in [2.75, 3.05) is 19.6 Å². The number of sulfonamides is 1. The molecule has 0 aliphatic rings. The summed E-state index contributed by atoms with van der Waals surface area (Å²) in [4.78, 5) is 148. The Labute approximate surface area is 562 Å². The number of carboxylic acids is 2. The van der Waals surface area contributed by atoms with Crippen LogP contribution in [0.5, 0.6) is 0 Å². The summed E-state index contributed by atoms with van der Waals surface area (Å²) in [5, 5.41) is 59.6. The number of aromatic amines is 1. The Hall–Kier alpha value is -9.17. The van der Waals surface area contributed by atoms with Crippen molar-refractivity contribution in [1.29, 1.82) is 0 Å². The number of unbranched alkanes of at least 4 members (excludes halogenated alkanes) is 3. The molecule has 0 saturated heterocycles. The fourth-order valence-electron chi connectivity index (χ4n) is 9.92. The van der Waals surface area contributed by atoms with Crippen molar-refractivity contribution < 1.29 is 86.0 Å². The third-order valence-corrected chi connectivity index (χ3v) is 17.2. The van der Waals surface area contributed by atoms with Crippen LogP contribution in [0.1, 0.15) is 125 Å². The number of nitrogens with one attached hydrogen (secondary N) is 10. The average Bonchev–Trinajstić information content (AvgIpc) is 1.55. The van der Waals surface area contributed by atoms with Crippen molar-refractivity contribution in [3.63, 3.8) is 0 Å². The van der Waals surface area contributed by atoms with Crippen LogP contribution >= 0.6 is 15.9 Å². The van der Waals surface area contributed by atoms with Gasteiger partial charge in [-0.2, -0.15) is 4.72 Å². The van der Waals surface area contributed by atoms with Crippen LogP contribution in [-0.2, 0) is 76.2 Å². The lowest BCUT2D eigenvalue weighted by Crippen LogP contribution is -2.58. The van der Waals surface area contributed by atoms with E-state index in [1.807, 2.05) is 16.9 Å². The summed E-state index contributed by atoms with van der Waals surface area (Å²) in [6.07, 6.45) is -1.88. The van der Waals surface area contributed by atoms with Crippen LogP contribution in [0.15, 0.2) is 113 Å². The maximum Gasteiger partial charge on any atom is 0.305 e. The summed E-state index contributed by atoms with van der Waals surface area (Å²) < 4.78 is 43.5. The van der Waals surface area contributed by atoms with E-state index in [-0.39, 0.29) is 54.0 Å². The molecule has 96 heavy (non-hydrogen) atoms. The number of fused-ring (bicyclic) bond motifs is 1. The smallest absolute Gasteiger partial charge is 0.305 e. The molecule has 6 atom stereocenters. The van der Waals surface area contributed by atoms with Crippen molar-refractivity contribution in [3.05, 3.63) is 136 Å². The lowest BCUT2D eigenvalue weighted by atomic mass is 9.87. The van der Waals surface area contributed by atoms with Gasteiger partial charge in [-0.25, -0.2) is 12.8 Å². The summed E-state index contributed by atoms with van der Waals surface area (Å²) in [5.74, 6) is -11.5. The fraction of sp³-hybridized carbons (Fsp3) is 0.431. The minimum atomic E-state index is -4.56. The van der Waals surface area contributed by atoms with Crippen LogP contribution in [0, 0.1) is 5.82 Å². The predicted molar refractivity (Wildman–Crippen MR) is 352 cm³/mol. The quantitative estimate of drug-likeness (QED) is 0.0197. The van der Waals surface area contributed by atoms with Gasteiger partial charge in [-0.1, -0.05) is 85.6 Å². The Balaban J connectivity index is 1.22. The minimum Gasteiger partial charge on any atom is -0.481 e. The van der Waals surface area contributed by atoms with Gasteiger partial charge in [-0.3, -0.25) is 52.7 Å². The number of halogens is 2. The maximum atomic E-state index is 14.6. The van der Waals surface area contributed by atoms with Gasteiger partial charge in [0.1, 0.15) is 42.1 Å². The number of nitrogens with two attached hydrogens (primary N) is 1. The molecule has 0 aliphatic heterocycles. The third kappa shape index (κ3) is 26.6. The van der Waals surface area contributed by atoms with Gasteiger partial charge in [-0.05, 0) is 122 Å². The molecule has 31 heteroatoms. The molecular weight excluding hydrogens is 1340 g/mol. The van der Waals surface area contributed by atoms with E-state index in [1.54, 1.807) is 42.6 Å². The maximum absolute atomic E-state index is 14.6. The van der Waals surface area contributed by atoms with Crippen LogP contribution in [0.2, 0.25) is 0 Å². The number of carbonyl (C=O) groups excluding carboxylic acids is 9. The number of benzene rings is 4. The first kappa shape index (κ1) is 77.5. The SMILES string of the molecule is CC(C)(C)c1ccc(C(=O)NCCCCC(NC(=O)CCCCCNC(=O)C(CCC(O)O)NC(=O)C(Cc2c[nH]c3ccccc23)NC(=O)C(Cc2cccc(F)c2)NC(=O)CNC(=O)C(CCC(=O)O)NC(=O)C(CC(=O)O)NS(=O)(=O)c2ccc(Br)cc2)C(N)=O)cc1. The predicted octanol–water partition coefficient (Wildman–Crippen LogP) is 2.23. The molecule has 4 aromatic carbocycles. The zero-order chi connectivity index (χ0) is 70.7. The number of para-hydroxylation sites is 1. The second kappa shape index (κ2) is 37.8. The normalized spacial score (nSPS) is 13.4. The van der Waals surface area contributed by atoms with E-state index < -0.39 is 156 Å². The highest BCUT2D eigenvalue weighted by Crippen LogP contribution is 2.23. The van der Waals surface area contributed by atoms with Crippen LogP contribution < -0.4 is 53.0 Å². The van der Waals surface area contributed by atoms with Gasteiger partial charge in [0.15, 0.2) is 6.29 Å². The topological polar surface area (TPSA) is 453 Å². The van der Waals surface area contributed by atoms with Crippen molar-refractivity contribution in [3.8, 4) is 0 Å². The Morgan fingerprint density at radius 1 is 0.583 bits per heavy atom. The lowest BCUT2D eigenvalue weighted by Gasteiger charge is -2.26. The highest BCUT2D eigenvalue weighted by atomic mass is 79.9. The zero-order valence-corrected chi connectivity index (χ0v) is 55.6. The van der Waals surface area contributed by atoms with Crippen LogP contribution in [0.4, 0.5) is 4.39 Å². The second-order valence-electron chi connectivity index (χ2n) is 23.8. The molecule has 520 valence electrons. The van der Waals surface area contributed by atoms with E-state index in [0.717, 1.165) is 29.8 Å². The summed E-state index contributed by atoms with van der Waals surface area (Å²) in [7, 11) is -4.56. The molecular formula is C65H83BrFN11O17S. The molecule has 0 saturated carbocycles. The molecule has 5 rings (SSSR count). The van der Waals surface area contributed by atoms with Crippen LogP contribution in [0.25, 0.3) is 10.9 Å². The Morgan fingerprint density at radius 2 is 1.19 bits per heavy atom. The molecule has 9 amide bonds. The number of aliphatic hydroxyl groups excluding tert-OH is 1. The van der Waals surface area contributed by atoms with E-state index in [4.69, 9.17) is 5.73 Å². The molecule has 1 aromatic heterocycles. The van der Waals surface area contributed by atoms with Crippen molar-refractivity contribution in [2.24, 2.45) is 5.73 Å². The molecule has 28 nitrogen and oxygen atoms in total. The van der Waals surface area contributed by atoms with E-state index in [9.17, 15) is 86.0 Å². The van der Waals surface area contributed by atoms with Gasteiger partial charge in [0.2, 0.25) is 57.3 Å². The van der Waals surface area contributed by atoms with Crippen molar-refractivity contribution in [2.45, 2.75) is 164 Å². The number of carbonyl (C=O) groups is 11. The number of hydrogen-bond acceptors (Lipinski definition) is 15.